The molecule has 2 aromatic rings. The number of hydrogen-bond acceptors (Lipinski definition) is 2. The Bertz CT molecular complexity index is 608. The quantitative estimate of drug-likeness (QED) is 0.773. The Labute approximate surface area is 133 Å². The van der Waals surface area contributed by atoms with Gasteiger partial charge in [-0.15, -0.1) is 0 Å². The number of nitrogens with two attached hydrogens (primary N) is 2. The first-order valence-electron chi connectivity index (χ1n) is 8.26. The number of aryl methyl sites for hydroxylation is 2. The van der Waals surface area contributed by atoms with Gasteiger partial charge < -0.3 is 11.5 Å². The van der Waals surface area contributed by atoms with Crippen LogP contribution in [0.3, 0.4) is 0 Å². The smallest absolute Gasteiger partial charge is 0.0343 e. The molecule has 0 aliphatic heterocycles. The second kappa shape index (κ2) is 6.04. The molecule has 4 N–H and O–H groups in total. The van der Waals surface area contributed by atoms with Gasteiger partial charge in [-0.3, -0.25) is 0 Å². The van der Waals surface area contributed by atoms with Crippen LogP contribution in [0.25, 0.3) is 0 Å². The van der Waals surface area contributed by atoms with E-state index in [9.17, 15) is 0 Å². The van der Waals surface area contributed by atoms with Crippen molar-refractivity contribution in [2.45, 2.75) is 51.4 Å². The predicted octanol–water partition coefficient (Wildman–Crippen LogP) is 4.91. The topological polar surface area (TPSA) is 52.0 Å². The van der Waals surface area contributed by atoms with Crippen LogP contribution in [0, 0.1) is 13.8 Å². The van der Waals surface area contributed by atoms with Gasteiger partial charge in [0.2, 0.25) is 0 Å². The molecule has 3 rings (SSSR count). The Morgan fingerprint density at radius 1 is 0.682 bits per heavy atom. The fourth-order valence-corrected chi connectivity index (χ4v) is 3.67. The van der Waals surface area contributed by atoms with Gasteiger partial charge >= 0.3 is 0 Å². The zero-order valence-corrected chi connectivity index (χ0v) is 13.6. The van der Waals surface area contributed by atoms with E-state index in [1.807, 2.05) is 0 Å². The molecular weight excluding hydrogens is 268 g/mol. The van der Waals surface area contributed by atoms with Gasteiger partial charge in [0.05, 0.1) is 0 Å². The first kappa shape index (κ1) is 15.0. The van der Waals surface area contributed by atoms with Crippen molar-refractivity contribution in [1.29, 1.82) is 0 Å². The Hall–Kier alpha value is -1.96. The van der Waals surface area contributed by atoms with Crippen molar-refractivity contribution in [3.8, 4) is 0 Å². The van der Waals surface area contributed by atoms with Crippen LogP contribution in [0.1, 0.15) is 59.8 Å². The number of nitrogen functional groups attached to an aromatic ring is 2. The van der Waals surface area contributed by atoms with E-state index in [1.165, 1.54) is 47.9 Å². The van der Waals surface area contributed by atoms with E-state index in [1.54, 1.807) is 0 Å². The summed E-state index contributed by atoms with van der Waals surface area (Å²) in [7, 11) is 0. The van der Waals surface area contributed by atoms with Crippen LogP contribution in [0.15, 0.2) is 36.4 Å². The summed E-state index contributed by atoms with van der Waals surface area (Å²) in [4.78, 5) is 0. The van der Waals surface area contributed by atoms with Gasteiger partial charge in [-0.05, 0) is 85.8 Å². The summed E-state index contributed by atoms with van der Waals surface area (Å²) >= 11 is 0. The fraction of sp³-hybridized carbons (Fsp3) is 0.400. The van der Waals surface area contributed by atoms with E-state index in [-0.39, 0.29) is 0 Å². The zero-order chi connectivity index (χ0) is 15.7. The molecule has 2 nitrogen and oxygen atoms in total. The number of benzene rings is 2. The SMILES string of the molecule is Cc1cc(C2CCC(c3ccc(N)c(C)c3)CC2)ccc1N. The van der Waals surface area contributed by atoms with E-state index in [2.05, 4.69) is 50.2 Å². The summed E-state index contributed by atoms with van der Waals surface area (Å²) in [6.45, 7) is 4.20. The molecule has 0 spiro atoms. The molecule has 0 saturated heterocycles. The normalized spacial score (nSPS) is 21.7. The van der Waals surface area contributed by atoms with Crippen molar-refractivity contribution in [3.05, 3.63) is 58.7 Å². The summed E-state index contributed by atoms with van der Waals surface area (Å²) in [5.41, 5.74) is 19.0. The maximum Gasteiger partial charge on any atom is 0.0343 e. The van der Waals surface area contributed by atoms with Crippen LogP contribution in [-0.2, 0) is 0 Å². The van der Waals surface area contributed by atoms with Gasteiger partial charge in [0, 0.05) is 11.4 Å². The molecule has 1 saturated carbocycles. The lowest BCUT2D eigenvalue weighted by molar-refractivity contribution is 0.396. The molecule has 1 aliphatic rings. The summed E-state index contributed by atoms with van der Waals surface area (Å²) in [6.07, 6.45) is 5.05. The minimum absolute atomic E-state index is 0.686. The summed E-state index contributed by atoms with van der Waals surface area (Å²) in [5.74, 6) is 1.37. The van der Waals surface area contributed by atoms with Crippen molar-refractivity contribution in [2.75, 3.05) is 11.5 Å². The molecule has 116 valence electrons. The van der Waals surface area contributed by atoms with E-state index in [0.717, 1.165) is 11.4 Å². The summed E-state index contributed by atoms with van der Waals surface area (Å²) < 4.78 is 0. The van der Waals surface area contributed by atoms with Crippen molar-refractivity contribution in [3.63, 3.8) is 0 Å². The highest BCUT2D eigenvalue weighted by atomic mass is 14.6. The Balaban J connectivity index is 1.69. The van der Waals surface area contributed by atoms with Gasteiger partial charge in [0.15, 0.2) is 0 Å². The van der Waals surface area contributed by atoms with Crippen LogP contribution in [0.5, 0.6) is 0 Å². The Kier molecular flexibility index (Phi) is 4.10. The lowest BCUT2D eigenvalue weighted by atomic mass is 9.76. The molecule has 0 bridgehead atoms. The van der Waals surface area contributed by atoms with Crippen molar-refractivity contribution in [2.24, 2.45) is 0 Å². The monoisotopic (exact) mass is 294 g/mol. The van der Waals surface area contributed by atoms with Gasteiger partial charge in [-0.2, -0.15) is 0 Å². The van der Waals surface area contributed by atoms with Crippen LogP contribution in [-0.4, -0.2) is 0 Å². The number of anilines is 2. The van der Waals surface area contributed by atoms with Crippen LogP contribution in [0.2, 0.25) is 0 Å². The second-order valence-electron chi connectivity index (χ2n) is 6.78. The van der Waals surface area contributed by atoms with E-state index in [0.29, 0.717) is 11.8 Å². The van der Waals surface area contributed by atoms with Crippen LogP contribution < -0.4 is 11.5 Å². The first-order valence-corrected chi connectivity index (χ1v) is 8.26. The highest BCUT2D eigenvalue weighted by molar-refractivity contribution is 5.49. The largest absolute Gasteiger partial charge is 0.399 e. The fourth-order valence-electron chi connectivity index (χ4n) is 3.67. The molecule has 1 aliphatic carbocycles. The standard InChI is InChI=1S/C20H26N2/c1-13-11-17(7-9-19(13)21)15-3-5-16(6-4-15)18-8-10-20(22)14(2)12-18/h7-12,15-16H,3-6,21-22H2,1-2H3. The highest BCUT2D eigenvalue weighted by Gasteiger charge is 2.23. The molecule has 0 heterocycles. The third-order valence-electron chi connectivity index (χ3n) is 5.26. The minimum atomic E-state index is 0.686. The van der Waals surface area contributed by atoms with Gasteiger partial charge in [-0.25, -0.2) is 0 Å². The maximum atomic E-state index is 5.93. The van der Waals surface area contributed by atoms with Crippen LogP contribution >= 0.6 is 0 Å². The third kappa shape index (κ3) is 2.96. The molecule has 2 heteroatoms. The number of hydrogen-bond donors (Lipinski definition) is 2. The molecule has 0 aromatic heterocycles. The lowest BCUT2D eigenvalue weighted by Gasteiger charge is -2.29. The maximum absolute atomic E-state index is 5.93. The van der Waals surface area contributed by atoms with Gasteiger partial charge in [0.25, 0.3) is 0 Å². The first-order chi connectivity index (χ1) is 10.5. The Morgan fingerprint density at radius 2 is 1.05 bits per heavy atom. The molecule has 1 fully saturated rings. The molecule has 22 heavy (non-hydrogen) atoms. The minimum Gasteiger partial charge on any atom is -0.399 e. The average molecular weight is 294 g/mol. The Morgan fingerprint density at radius 3 is 1.36 bits per heavy atom. The highest BCUT2D eigenvalue weighted by Crippen LogP contribution is 2.41. The lowest BCUT2D eigenvalue weighted by Crippen LogP contribution is -2.12. The van der Waals surface area contributed by atoms with E-state index in [4.69, 9.17) is 11.5 Å². The third-order valence-corrected chi connectivity index (χ3v) is 5.26. The molecule has 0 atom stereocenters. The van der Waals surface area contributed by atoms with Crippen LogP contribution in [0.4, 0.5) is 11.4 Å². The van der Waals surface area contributed by atoms with Crippen molar-refractivity contribution in [1.82, 2.24) is 0 Å². The van der Waals surface area contributed by atoms with E-state index >= 15 is 0 Å². The molecule has 0 amide bonds. The molecule has 0 unspecified atom stereocenters. The van der Waals surface area contributed by atoms with Crippen molar-refractivity contribution >= 4 is 11.4 Å². The zero-order valence-electron chi connectivity index (χ0n) is 13.6. The molecule has 0 radical (unpaired) electrons. The van der Waals surface area contributed by atoms with Crippen molar-refractivity contribution < 1.29 is 0 Å². The predicted molar refractivity (Wildman–Crippen MR) is 95.1 cm³/mol. The summed E-state index contributed by atoms with van der Waals surface area (Å²) in [6, 6.07) is 13.1. The average Bonchev–Trinajstić information content (AvgIpc) is 2.53. The second-order valence-corrected chi connectivity index (χ2v) is 6.78. The summed E-state index contributed by atoms with van der Waals surface area (Å²) in [5, 5.41) is 0. The molecule has 2 aromatic carbocycles. The van der Waals surface area contributed by atoms with Gasteiger partial charge in [0.1, 0.15) is 0 Å². The number of rotatable bonds is 2. The van der Waals surface area contributed by atoms with E-state index < -0.39 is 0 Å². The molecular formula is C20H26N2. The van der Waals surface area contributed by atoms with Gasteiger partial charge in [-0.1, -0.05) is 24.3 Å².